The maximum atomic E-state index is 12.7. The molecular formula is C18H23N3O2S. The van der Waals surface area contributed by atoms with Gasteiger partial charge in [0.25, 0.3) is 5.91 Å². The Morgan fingerprint density at radius 3 is 2.71 bits per heavy atom. The van der Waals surface area contributed by atoms with Gasteiger partial charge in [0.1, 0.15) is 4.83 Å². The van der Waals surface area contributed by atoms with E-state index < -0.39 is 0 Å². The molecule has 24 heavy (non-hydrogen) atoms. The fraction of sp³-hybridized carbons (Fsp3) is 0.556. The molecule has 2 saturated heterocycles. The van der Waals surface area contributed by atoms with Gasteiger partial charge in [-0.1, -0.05) is 6.07 Å². The maximum absolute atomic E-state index is 12.7. The van der Waals surface area contributed by atoms with Crippen LogP contribution in [-0.4, -0.2) is 67.1 Å². The lowest BCUT2D eigenvalue weighted by Gasteiger charge is -2.41. The van der Waals surface area contributed by atoms with Crippen molar-refractivity contribution < 1.29 is 9.53 Å². The molecular weight excluding hydrogens is 322 g/mol. The van der Waals surface area contributed by atoms with Crippen molar-refractivity contribution in [2.24, 2.45) is 0 Å². The van der Waals surface area contributed by atoms with Crippen molar-refractivity contribution in [1.29, 1.82) is 0 Å². The minimum Gasteiger partial charge on any atom is -0.378 e. The third-order valence-electron chi connectivity index (χ3n) is 5.18. The molecule has 0 aliphatic carbocycles. The van der Waals surface area contributed by atoms with Crippen molar-refractivity contribution in [2.45, 2.75) is 24.8 Å². The van der Waals surface area contributed by atoms with Crippen LogP contribution in [0.15, 0.2) is 18.3 Å². The molecule has 0 unspecified atom stereocenters. The zero-order valence-electron chi connectivity index (χ0n) is 14.2. The number of piperidine rings is 1. The molecule has 0 radical (unpaired) electrons. The van der Waals surface area contributed by atoms with Crippen molar-refractivity contribution in [3.05, 3.63) is 28.8 Å². The normalized spacial score (nSPS) is 20.2. The molecule has 128 valence electrons. The van der Waals surface area contributed by atoms with Crippen LogP contribution in [0, 0.1) is 0 Å². The summed E-state index contributed by atoms with van der Waals surface area (Å²) in [6.07, 6.45) is 4.02. The van der Waals surface area contributed by atoms with Crippen LogP contribution in [0.3, 0.4) is 0 Å². The van der Waals surface area contributed by atoms with Gasteiger partial charge in [0.05, 0.1) is 24.1 Å². The molecule has 2 aromatic heterocycles. The van der Waals surface area contributed by atoms with Crippen molar-refractivity contribution in [3.63, 3.8) is 0 Å². The Kier molecular flexibility index (Phi) is 4.28. The van der Waals surface area contributed by atoms with Gasteiger partial charge in [0.15, 0.2) is 0 Å². The number of rotatable bonds is 3. The predicted octanol–water partition coefficient (Wildman–Crippen LogP) is 2.58. The molecule has 2 fully saturated rings. The van der Waals surface area contributed by atoms with E-state index in [9.17, 15) is 4.79 Å². The summed E-state index contributed by atoms with van der Waals surface area (Å²) in [6.45, 7) is 3.93. The first kappa shape index (κ1) is 16.0. The highest BCUT2D eigenvalue weighted by molar-refractivity contribution is 7.20. The number of fused-ring (bicyclic) bond motifs is 1. The van der Waals surface area contributed by atoms with Crippen LogP contribution < -0.4 is 0 Å². The number of nitrogens with zero attached hydrogens (tertiary/aromatic N) is 3. The van der Waals surface area contributed by atoms with Crippen LogP contribution in [0.2, 0.25) is 0 Å². The van der Waals surface area contributed by atoms with Crippen molar-refractivity contribution in [1.82, 2.24) is 14.8 Å². The number of hydrogen-bond acceptors (Lipinski definition) is 5. The van der Waals surface area contributed by atoms with Crippen LogP contribution in [0.25, 0.3) is 10.2 Å². The van der Waals surface area contributed by atoms with Gasteiger partial charge in [-0.15, -0.1) is 11.3 Å². The molecule has 5 nitrogen and oxygen atoms in total. The highest BCUT2D eigenvalue weighted by Gasteiger charge is 2.33. The van der Waals surface area contributed by atoms with Gasteiger partial charge in [-0.05, 0) is 43.5 Å². The molecule has 1 amide bonds. The number of carbonyl (C=O) groups excluding carboxylic acids is 1. The summed E-state index contributed by atoms with van der Waals surface area (Å²) in [5, 5.41) is 1.16. The Morgan fingerprint density at radius 2 is 2.08 bits per heavy atom. The Morgan fingerprint density at radius 1 is 1.33 bits per heavy atom. The molecule has 6 heteroatoms. The fourth-order valence-electron chi connectivity index (χ4n) is 3.71. The number of ether oxygens (including phenoxy) is 1. The Bertz CT molecular complexity index is 746. The van der Waals surface area contributed by atoms with Gasteiger partial charge >= 0.3 is 0 Å². The number of hydrogen-bond donors (Lipinski definition) is 0. The smallest absolute Gasteiger partial charge is 0.263 e. The summed E-state index contributed by atoms with van der Waals surface area (Å²) < 4.78 is 5.32. The molecule has 2 aliphatic rings. The van der Waals surface area contributed by atoms with Crippen molar-refractivity contribution in [2.75, 3.05) is 40.4 Å². The minimum absolute atomic E-state index is 0.0998. The average Bonchev–Trinajstić information content (AvgIpc) is 2.92. The van der Waals surface area contributed by atoms with Crippen LogP contribution in [-0.2, 0) is 4.74 Å². The topological polar surface area (TPSA) is 45.7 Å². The van der Waals surface area contributed by atoms with E-state index in [-0.39, 0.29) is 5.91 Å². The number of pyridine rings is 1. The lowest BCUT2D eigenvalue weighted by Crippen LogP contribution is -2.51. The molecule has 4 heterocycles. The SMILES string of the molecule is CN(C)C(=O)c1sc2ncccc2c1C1CCN(C2COC2)CC1. The lowest BCUT2D eigenvalue weighted by atomic mass is 9.87. The number of carbonyl (C=O) groups is 1. The quantitative estimate of drug-likeness (QED) is 0.858. The zero-order valence-corrected chi connectivity index (χ0v) is 15.0. The van der Waals surface area contributed by atoms with Gasteiger partial charge in [0, 0.05) is 25.7 Å². The van der Waals surface area contributed by atoms with Gasteiger partial charge in [-0.25, -0.2) is 4.98 Å². The Labute approximate surface area is 146 Å². The third kappa shape index (κ3) is 2.72. The van der Waals surface area contributed by atoms with Crippen LogP contribution in [0.5, 0.6) is 0 Å². The highest BCUT2D eigenvalue weighted by Crippen LogP contribution is 2.40. The fourth-order valence-corrected chi connectivity index (χ4v) is 4.96. The van der Waals surface area contributed by atoms with Crippen molar-refractivity contribution in [3.8, 4) is 0 Å². The molecule has 4 rings (SSSR count). The first-order chi connectivity index (χ1) is 11.6. The molecule has 0 aromatic carbocycles. The van der Waals surface area contributed by atoms with Gasteiger partial charge < -0.3 is 9.64 Å². The second-order valence-corrected chi connectivity index (χ2v) is 7.90. The third-order valence-corrected chi connectivity index (χ3v) is 6.30. The average molecular weight is 345 g/mol. The highest BCUT2D eigenvalue weighted by atomic mass is 32.1. The molecule has 2 aliphatic heterocycles. The van der Waals surface area contributed by atoms with Crippen LogP contribution in [0.4, 0.5) is 0 Å². The first-order valence-electron chi connectivity index (χ1n) is 8.56. The van der Waals surface area contributed by atoms with E-state index in [1.165, 1.54) is 5.56 Å². The van der Waals surface area contributed by atoms with E-state index in [0.29, 0.717) is 12.0 Å². The number of likely N-dealkylation sites (tertiary alicyclic amines) is 1. The predicted molar refractivity (Wildman–Crippen MR) is 95.8 cm³/mol. The zero-order chi connectivity index (χ0) is 16.7. The monoisotopic (exact) mass is 345 g/mol. The maximum Gasteiger partial charge on any atom is 0.263 e. The molecule has 0 bridgehead atoms. The Hall–Kier alpha value is -1.50. The molecule has 0 N–H and O–H groups in total. The first-order valence-corrected chi connectivity index (χ1v) is 9.37. The van der Waals surface area contributed by atoms with Gasteiger partial charge in [0.2, 0.25) is 0 Å². The summed E-state index contributed by atoms with van der Waals surface area (Å²) in [7, 11) is 3.65. The largest absolute Gasteiger partial charge is 0.378 e. The van der Waals surface area contributed by atoms with E-state index in [1.807, 2.05) is 26.4 Å². The summed E-state index contributed by atoms with van der Waals surface area (Å²) in [5.74, 6) is 0.543. The molecule has 0 saturated carbocycles. The lowest BCUT2D eigenvalue weighted by molar-refractivity contribution is -0.0712. The summed E-state index contributed by atoms with van der Waals surface area (Å²) in [4.78, 5) is 23.2. The van der Waals surface area contributed by atoms with E-state index in [0.717, 1.165) is 54.2 Å². The van der Waals surface area contributed by atoms with E-state index in [1.54, 1.807) is 16.2 Å². The van der Waals surface area contributed by atoms with Crippen molar-refractivity contribution >= 4 is 27.5 Å². The minimum atomic E-state index is 0.0998. The van der Waals surface area contributed by atoms with Crippen LogP contribution in [0.1, 0.15) is 34.0 Å². The van der Waals surface area contributed by atoms with Gasteiger partial charge in [-0.2, -0.15) is 0 Å². The molecule has 0 spiro atoms. The second-order valence-electron chi connectivity index (χ2n) is 6.90. The van der Waals surface area contributed by atoms with Crippen LogP contribution >= 0.6 is 11.3 Å². The summed E-state index contributed by atoms with van der Waals surface area (Å²) in [6, 6.07) is 4.70. The Balaban J connectivity index is 1.65. The van der Waals surface area contributed by atoms with E-state index in [4.69, 9.17) is 4.74 Å². The van der Waals surface area contributed by atoms with E-state index in [2.05, 4.69) is 16.0 Å². The second kappa shape index (κ2) is 6.43. The number of amides is 1. The standard InChI is InChI=1S/C18H23N3O2S/c1-20(2)18(22)16-15(14-4-3-7-19-17(14)24-16)12-5-8-21(9-6-12)13-10-23-11-13/h3-4,7,12-13H,5-6,8-11H2,1-2H3. The summed E-state index contributed by atoms with van der Waals surface area (Å²) in [5.41, 5.74) is 1.23. The number of thiophene rings is 1. The van der Waals surface area contributed by atoms with E-state index >= 15 is 0 Å². The van der Waals surface area contributed by atoms with Gasteiger partial charge in [-0.3, -0.25) is 9.69 Å². The summed E-state index contributed by atoms with van der Waals surface area (Å²) >= 11 is 1.54. The molecule has 0 atom stereocenters. The molecule has 2 aromatic rings. The number of aromatic nitrogens is 1.